The Balaban J connectivity index is 2.56. The number of nitrogens with zero attached hydrogens (tertiary/aromatic N) is 4. The van der Waals surface area contributed by atoms with Gasteiger partial charge in [0.1, 0.15) is 12.7 Å². The van der Waals surface area contributed by atoms with Crippen molar-refractivity contribution in [2.24, 2.45) is 25.7 Å². The van der Waals surface area contributed by atoms with Crippen LogP contribution in [0, 0.1) is 0 Å². The van der Waals surface area contributed by atoms with E-state index in [2.05, 4.69) is 20.0 Å². The highest BCUT2D eigenvalue weighted by molar-refractivity contribution is 6.21. The van der Waals surface area contributed by atoms with E-state index in [1.165, 1.54) is 12.7 Å². The lowest BCUT2D eigenvalue weighted by Gasteiger charge is -2.19. The van der Waals surface area contributed by atoms with Crippen LogP contribution in [0.25, 0.3) is 0 Å². The van der Waals surface area contributed by atoms with Gasteiger partial charge in [0.05, 0.1) is 0 Å². The summed E-state index contributed by atoms with van der Waals surface area (Å²) in [7, 11) is 0. The molecule has 2 heterocycles. The van der Waals surface area contributed by atoms with E-state index in [1.807, 2.05) is 0 Å². The van der Waals surface area contributed by atoms with Crippen molar-refractivity contribution in [2.75, 3.05) is 0 Å². The third-order valence-electron chi connectivity index (χ3n) is 1.47. The second-order valence-corrected chi connectivity index (χ2v) is 2.13. The maximum atomic E-state index is 9.58. The molecule has 0 spiro atoms. The van der Waals surface area contributed by atoms with E-state index >= 15 is 0 Å². The molecule has 6 heteroatoms. The van der Waals surface area contributed by atoms with E-state index in [0.29, 0.717) is 0 Å². The lowest BCUT2D eigenvalue weighted by Crippen LogP contribution is -2.48. The molecule has 0 bridgehead atoms. The molecule has 3 N–H and O–H groups in total. The summed E-state index contributed by atoms with van der Waals surface area (Å²) < 4.78 is 0. The molecule has 6 nitrogen and oxygen atoms in total. The van der Waals surface area contributed by atoms with Crippen LogP contribution < -0.4 is 5.73 Å². The van der Waals surface area contributed by atoms with Crippen LogP contribution in [0.1, 0.15) is 0 Å². The summed E-state index contributed by atoms with van der Waals surface area (Å²) in [4.78, 5) is 14.6. The molecule has 0 aliphatic carbocycles. The van der Waals surface area contributed by atoms with Gasteiger partial charge in [-0.3, -0.25) is 0 Å². The fourth-order valence-electron chi connectivity index (χ4n) is 0.855. The number of aliphatic hydroxyl groups is 1. The number of fused-ring (bicyclic) bond motifs is 1. The maximum absolute atomic E-state index is 9.58. The zero-order chi connectivity index (χ0) is 7.90. The first-order chi connectivity index (χ1) is 5.23. The van der Waals surface area contributed by atoms with Gasteiger partial charge in [-0.1, -0.05) is 0 Å². The summed E-state index contributed by atoms with van der Waals surface area (Å²) in [5.41, 5.74) is 3.77. The fraction of sp³-hybridized carbons (Fsp3) is 0.200. The van der Waals surface area contributed by atoms with Crippen LogP contribution in [0.3, 0.4) is 0 Å². The van der Waals surface area contributed by atoms with Gasteiger partial charge in [0, 0.05) is 0 Å². The number of aliphatic imine (C=N–C) groups is 4. The van der Waals surface area contributed by atoms with Crippen molar-refractivity contribution in [2.45, 2.75) is 5.72 Å². The Bertz CT molecular complexity index is 315. The Morgan fingerprint density at radius 2 is 2.18 bits per heavy atom. The van der Waals surface area contributed by atoms with Gasteiger partial charge >= 0.3 is 0 Å². The predicted octanol–water partition coefficient (Wildman–Crippen LogP) is -1.49. The average molecular weight is 151 g/mol. The maximum Gasteiger partial charge on any atom is 0.278 e. The Labute approximate surface area is 61.9 Å². The van der Waals surface area contributed by atoms with Gasteiger partial charge in [0.2, 0.25) is 0 Å². The second-order valence-electron chi connectivity index (χ2n) is 2.13. The molecule has 0 fully saturated rings. The Morgan fingerprint density at radius 1 is 1.36 bits per heavy atom. The minimum absolute atomic E-state index is 0.000000000000000666. The van der Waals surface area contributed by atoms with Crippen LogP contribution in [-0.4, -0.2) is 35.2 Å². The minimum Gasteiger partial charge on any atom is -0.383 e. The Morgan fingerprint density at radius 3 is 2.91 bits per heavy atom. The molecule has 0 radical (unpaired) electrons. The number of hydrogen-bond donors (Lipinski definition) is 2. The largest absolute Gasteiger partial charge is 0.383 e. The van der Waals surface area contributed by atoms with E-state index in [0.717, 1.165) is 0 Å². The van der Waals surface area contributed by atoms with Gasteiger partial charge in [0.15, 0.2) is 11.7 Å². The van der Waals surface area contributed by atoms with Gasteiger partial charge in [-0.25, -0.2) is 20.0 Å². The first-order valence-corrected chi connectivity index (χ1v) is 2.94. The fourth-order valence-corrected chi connectivity index (χ4v) is 0.855. The van der Waals surface area contributed by atoms with E-state index in [9.17, 15) is 5.11 Å². The highest BCUT2D eigenvalue weighted by Crippen LogP contribution is 2.17. The summed E-state index contributed by atoms with van der Waals surface area (Å²) in [6.45, 7) is 0. The van der Waals surface area contributed by atoms with E-state index in [1.54, 1.807) is 0 Å². The van der Waals surface area contributed by atoms with E-state index in [-0.39, 0.29) is 11.7 Å². The van der Waals surface area contributed by atoms with Crippen LogP contribution in [-0.2, 0) is 0 Å². The van der Waals surface area contributed by atoms with Crippen LogP contribution in [0.5, 0.6) is 0 Å². The molecule has 1 unspecified atom stereocenters. The summed E-state index contributed by atoms with van der Waals surface area (Å²) in [6.07, 6.45) is 2.44. The average Bonchev–Trinajstić information content (AvgIpc) is 2.34. The molecule has 0 aromatic rings. The van der Waals surface area contributed by atoms with Gasteiger partial charge in [-0.05, 0) is 0 Å². The van der Waals surface area contributed by atoms with Crippen molar-refractivity contribution >= 4 is 24.3 Å². The molecular formula is C5H5N5O. The van der Waals surface area contributed by atoms with Crippen LogP contribution in [0.4, 0.5) is 0 Å². The highest BCUT2D eigenvalue weighted by atomic mass is 16.3. The molecule has 0 aromatic heterocycles. The van der Waals surface area contributed by atoms with Crippen molar-refractivity contribution < 1.29 is 5.11 Å². The number of amidine groups is 2. The summed E-state index contributed by atoms with van der Waals surface area (Å²) >= 11 is 0. The van der Waals surface area contributed by atoms with Crippen molar-refractivity contribution in [1.82, 2.24) is 0 Å². The quantitative estimate of drug-likeness (QED) is 0.441. The monoisotopic (exact) mass is 151 g/mol. The summed E-state index contributed by atoms with van der Waals surface area (Å²) in [5, 5.41) is 9.58. The first kappa shape index (κ1) is 6.17. The van der Waals surface area contributed by atoms with Gasteiger partial charge in [0.25, 0.3) is 5.72 Å². The molecule has 0 amide bonds. The molecule has 56 valence electrons. The smallest absolute Gasteiger partial charge is 0.278 e. The van der Waals surface area contributed by atoms with Crippen molar-refractivity contribution in [3.63, 3.8) is 0 Å². The number of nitrogens with two attached hydrogens (primary N) is 1. The normalized spacial score (nSPS) is 33.2. The van der Waals surface area contributed by atoms with E-state index < -0.39 is 5.72 Å². The van der Waals surface area contributed by atoms with Gasteiger partial charge < -0.3 is 10.8 Å². The standard InChI is InChI=1S/C5H5N5O/c6-3-5(11)4(8-1-7-3)9-2-10-5/h1-2,11H,(H2,6,7,8,9,10). The Hall–Kier alpha value is -1.56. The topological polar surface area (TPSA) is 95.7 Å². The van der Waals surface area contributed by atoms with Crippen LogP contribution in [0.2, 0.25) is 0 Å². The number of rotatable bonds is 0. The minimum atomic E-state index is -1.60. The first-order valence-electron chi connectivity index (χ1n) is 2.94. The molecule has 0 saturated heterocycles. The molecule has 0 aromatic carbocycles. The zero-order valence-electron chi connectivity index (χ0n) is 5.47. The third kappa shape index (κ3) is 0.637. The predicted molar refractivity (Wildman–Crippen MR) is 41.0 cm³/mol. The lowest BCUT2D eigenvalue weighted by molar-refractivity contribution is 0.194. The van der Waals surface area contributed by atoms with Crippen molar-refractivity contribution in [3.05, 3.63) is 0 Å². The summed E-state index contributed by atoms with van der Waals surface area (Å²) in [5.74, 6) is 0.171. The zero-order valence-corrected chi connectivity index (χ0v) is 5.47. The molecule has 11 heavy (non-hydrogen) atoms. The molecule has 1 atom stereocenters. The second kappa shape index (κ2) is 1.73. The van der Waals surface area contributed by atoms with Crippen LogP contribution >= 0.6 is 0 Å². The van der Waals surface area contributed by atoms with Gasteiger partial charge in [-0.15, -0.1) is 0 Å². The molecule has 2 aliphatic rings. The van der Waals surface area contributed by atoms with Crippen molar-refractivity contribution in [1.29, 1.82) is 0 Å². The van der Waals surface area contributed by atoms with E-state index in [4.69, 9.17) is 5.73 Å². The Kier molecular flexibility index (Phi) is 0.970. The molecular weight excluding hydrogens is 146 g/mol. The highest BCUT2D eigenvalue weighted by Gasteiger charge is 2.41. The number of hydrogen-bond acceptors (Lipinski definition) is 6. The summed E-state index contributed by atoms with van der Waals surface area (Å²) in [6, 6.07) is 0. The molecule has 2 aliphatic heterocycles. The van der Waals surface area contributed by atoms with Crippen molar-refractivity contribution in [3.8, 4) is 0 Å². The SMILES string of the molecule is NC1=NC=NC2=NC=NC12O. The van der Waals surface area contributed by atoms with Gasteiger partial charge in [-0.2, -0.15) is 0 Å². The molecule has 0 saturated carbocycles. The molecule has 2 rings (SSSR count). The lowest BCUT2D eigenvalue weighted by atomic mass is 10.2. The third-order valence-corrected chi connectivity index (χ3v) is 1.47. The van der Waals surface area contributed by atoms with Crippen LogP contribution in [0.15, 0.2) is 20.0 Å².